The summed E-state index contributed by atoms with van der Waals surface area (Å²) in [6.45, 7) is 7.13. The number of morpholine rings is 1. The molecule has 80 valence electrons. The Balaban J connectivity index is 2.42. The predicted molar refractivity (Wildman–Crippen MR) is 52.9 cm³/mol. The normalized spacial score (nSPS) is 24.6. The first kappa shape index (κ1) is 11.4. The molecule has 0 amide bonds. The number of nitriles is 1. The van der Waals surface area contributed by atoms with Gasteiger partial charge in [0.2, 0.25) is 0 Å². The molecule has 0 aromatic rings. The third kappa shape index (κ3) is 3.26. The zero-order chi connectivity index (χ0) is 10.6. The summed E-state index contributed by atoms with van der Waals surface area (Å²) in [6, 6.07) is 2.13. The highest BCUT2D eigenvalue weighted by Gasteiger charge is 2.26. The van der Waals surface area contributed by atoms with Crippen molar-refractivity contribution in [2.75, 3.05) is 33.4 Å². The van der Waals surface area contributed by atoms with Gasteiger partial charge in [0, 0.05) is 26.7 Å². The molecule has 1 saturated heterocycles. The van der Waals surface area contributed by atoms with Crippen molar-refractivity contribution < 1.29 is 9.47 Å². The fourth-order valence-corrected chi connectivity index (χ4v) is 1.53. The van der Waals surface area contributed by atoms with Gasteiger partial charge in [-0.2, -0.15) is 5.26 Å². The van der Waals surface area contributed by atoms with Crippen LogP contribution < -0.4 is 0 Å². The maximum Gasteiger partial charge on any atom is 0.156 e. The lowest BCUT2D eigenvalue weighted by Gasteiger charge is -2.35. The second-order valence-electron chi connectivity index (χ2n) is 4.19. The molecule has 14 heavy (non-hydrogen) atoms. The third-order valence-corrected chi connectivity index (χ3v) is 2.45. The zero-order valence-electron chi connectivity index (χ0n) is 9.12. The molecular formula is C10H18N2O2. The molecule has 0 spiro atoms. The van der Waals surface area contributed by atoms with Crippen LogP contribution in [0.15, 0.2) is 0 Å². The Labute approximate surface area is 85.4 Å². The van der Waals surface area contributed by atoms with Gasteiger partial charge in [-0.25, -0.2) is 0 Å². The number of nitrogens with zero attached hydrogens (tertiary/aromatic N) is 2. The van der Waals surface area contributed by atoms with Gasteiger partial charge in [-0.1, -0.05) is 0 Å². The number of hydrogen-bond acceptors (Lipinski definition) is 4. The lowest BCUT2D eigenvalue weighted by atomic mass is 10.1. The molecule has 0 N–H and O–H groups in total. The van der Waals surface area contributed by atoms with Crippen LogP contribution in [0, 0.1) is 11.3 Å². The van der Waals surface area contributed by atoms with Gasteiger partial charge in [0.15, 0.2) is 6.10 Å². The van der Waals surface area contributed by atoms with E-state index < -0.39 is 0 Å². The molecule has 0 aliphatic carbocycles. The van der Waals surface area contributed by atoms with Gasteiger partial charge in [-0.3, -0.25) is 4.90 Å². The van der Waals surface area contributed by atoms with Gasteiger partial charge in [-0.05, 0) is 13.8 Å². The maximum atomic E-state index is 8.73. The number of hydrogen-bond donors (Lipinski definition) is 0. The lowest BCUT2D eigenvalue weighted by molar-refractivity contribution is -0.0511. The van der Waals surface area contributed by atoms with Gasteiger partial charge in [0.05, 0.1) is 18.3 Å². The van der Waals surface area contributed by atoms with Crippen LogP contribution in [0.1, 0.15) is 13.8 Å². The first-order chi connectivity index (χ1) is 6.57. The summed E-state index contributed by atoms with van der Waals surface area (Å²) in [5.74, 6) is 0. The van der Waals surface area contributed by atoms with Gasteiger partial charge in [-0.15, -0.1) is 0 Å². The summed E-state index contributed by atoms with van der Waals surface area (Å²) >= 11 is 0. The summed E-state index contributed by atoms with van der Waals surface area (Å²) in [5.41, 5.74) is -0.155. The Bertz CT molecular complexity index is 223. The number of rotatable bonds is 3. The van der Waals surface area contributed by atoms with E-state index in [9.17, 15) is 0 Å². The van der Waals surface area contributed by atoms with E-state index in [1.165, 1.54) is 0 Å². The van der Waals surface area contributed by atoms with Crippen molar-refractivity contribution in [2.24, 2.45) is 0 Å². The Kier molecular flexibility index (Phi) is 3.87. The van der Waals surface area contributed by atoms with Crippen LogP contribution in [0.25, 0.3) is 0 Å². The molecule has 1 rings (SSSR count). The van der Waals surface area contributed by atoms with E-state index in [0.29, 0.717) is 13.2 Å². The monoisotopic (exact) mass is 198 g/mol. The fraction of sp³-hybridized carbons (Fsp3) is 0.900. The smallest absolute Gasteiger partial charge is 0.156 e. The lowest BCUT2D eigenvalue weighted by Crippen LogP contribution is -2.48. The van der Waals surface area contributed by atoms with Gasteiger partial charge < -0.3 is 9.47 Å². The summed E-state index contributed by atoms with van der Waals surface area (Å²) in [6.07, 6.45) is -0.281. The molecule has 4 nitrogen and oxygen atoms in total. The Morgan fingerprint density at radius 3 is 2.93 bits per heavy atom. The molecule has 1 unspecified atom stereocenters. The largest absolute Gasteiger partial charge is 0.377 e. The Morgan fingerprint density at radius 2 is 2.36 bits per heavy atom. The molecule has 1 aliphatic rings. The maximum absolute atomic E-state index is 8.73. The molecule has 4 heteroatoms. The van der Waals surface area contributed by atoms with Crippen LogP contribution in [-0.2, 0) is 9.47 Å². The molecule has 0 bridgehead atoms. The van der Waals surface area contributed by atoms with Crippen LogP contribution in [0.3, 0.4) is 0 Å². The summed E-state index contributed by atoms with van der Waals surface area (Å²) in [4.78, 5) is 2.21. The topological polar surface area (TPSA) is 45.5 Å². The SMILES string of the molecule is COC(C)(C)CN1CCOC(C#N)C1. The van der Waals surface area contributed by atoms with Crippen molar-refractivity contribution >= 4 is 0 Å². The van der Waals surface area contributed by atoms with E-state index in [-0.39, 0.29) is 11.7 Å². The summed E-state index contributed by atoms with van der Waals surface area (Å²) < 4.78 is 10.6. The highest BCUT2D eigenvalue weighted by molar-refractivity contribution is 4.90. The number of methoxy groups -OCH3 is 1. The van der Waals surface area contributed by atoms with Crippen molar-refractivity contribution in [3.05, 3.63) is 0 Å². The standard InChI is InChI=1S/C10H18N2O2/c1-10(2,13-3)8-12-4-5-14-9(6-11)7-12/h9H,4-5,7-8H2,1-3H3. The average Bonchev–Trinajstić information content (AvgIpc) is 2.17. The molecule has 1 aliphatic heterocycles. The van der Waals surface area contributed by atoms with E-state index >= 15 is 0 Å². The molecule has 0 aromatic carbocycles. The summed E-state index contributed by atoms with van der Waals surface area (Å²) in [5, 5.41) is 8.73. The van der Waals surface area contributed by atoms with Crippen LogP contribution in [-0.4, -0.2) is 50.0 Å². The van der Waals surface area contributed by atoms with Crippen molar-refractivity contribution in [3.8, 4) is 6.07 Å². The second kappa shape index (κ2) is 4.74. The van der Waals surface area contributed by atoms with Gasteiger partial charge in [0.1, 0.15) is 0 Å². The minimum Gasteiger partial charge on any atom is -0.377 e. The van der Waals surface area contributed by atoms with Crippen molar-refractivity contribution in [1.82, 2.24) is 4.90 Å². The van der Waals surface area contributed by atoms with Gasteiger partial charge >= 0.3 is 0 Å². The second-order valence-corrected chi connectivity index (χ2v) is 4.19. The van der Waals surface area contributed by atoms with Crippen molar-refractivity contribution in [2.45, 2.75) is 25.6 Å². The highest BCUT2D eigenvalue weighted by Crippen LogP contribution is 2.13. The van der Waals surface area contributed by atoms with Crippen molar-refractivity contribution in [3.63, 3.8) is 0 Å². The average molecular weight is 198 g/mol. The number of ether oxygens (including phenoxy) is 2. The van der Waals surface area contributed by atoms with E-state index in [4.69, 9.17) is 14.7 Å². The molecule has 0 radical (unpaired) electrons. The minimum atomic E-state index is -0.281. The molecule has 0 aromatic heterocycles. The molecule has 1 heterocycles. The summed E-state index contributed by atoms with van der Waals surface area (Å²) in [7, 11) is 1.71. The highest BCUT2D eigenvalue weighted by atomic mass is 16.5. The van der Waals surface area contributed by atoms with Gasteiger partial charge in [0.25, 0.3) is 0 Å². The van der Waals surface area contributed by atoms with Crippen molar-refractivity contribution in [1.29, 1.82) is 5.26 Å². The Morgan fingerprint density at radius 1 is 1.64 bits per heavy atom. The van der Waals surface area contributed by atoms with E-state index in [1.807, 2.05) is 13.8 Å². The quantitative estimate of drug-likeness (QED) is 0.667. The van der Waals surface area contributed by atoms with Crippen LogP contribution in [0.4, 0.5) is 0 Å². The first-order valence-electron chi connectivity index (χ1n) is 4.86. The first-order valence-corrected chi connectivity index (χ1v) is 4.86. The van der Waals surface area contributed by atoms with Crippen LogP contribution >= 0.6 is 0 Å². The third-order valence-electron chi connectivity index (χ3n) is 2.45. The Hall–Kier alpha value is -0.630. The van der Waals surface area contributed by atoms with E-state index in [2.05, 4.69) is 11.0 Å². The van der Waals surface area contributed by atoms with E-state index in [1.54, 1.807) is 7.11 Å². The van der Waals surface area contributed by atoms with Crippen LogP contribution in [0.2, 0.25) is 0 Å². The molecule has 0 saturated carbocycles. The molecule has 1 atom stereocenters. The van der Waals surface area contributed by atoms with Crippen LogP contribution in [0.5, 0.6) is 0 Å². The fourth-order valence-electron chi connectivity index (χ4n) is 1.53. The van der Waals surface area contributed by atoms with E-state index in [0.717, 1.165) is 13.1 Å². The molecule has 1 fully saturated rings. The molecular weight excluding hydrogens is 180 g/mol. The minimum absolute atomic E-state index is 0.155. The zero-order valence-corrected chi connectivity index (χ0v) is 9.12. The predicted octanol–water partition coefficient (Wildman–Crippen LogP) is 0.636.